The smallest absolute Gasteiger partial charge is 0.313 e. The minimum atomic E-state index is -0.216. The normalized spacial score (nSPS) is 12.3. The lowest BCUT2D eigenvalue weighted by molar-refractivity contribution is -0.143. The summed E-state index contributed by atoms with van der Waals surface area (Å²) in [5, 5.41) is 0. The van der Waals surface area contributed by atoms with Crippen LogP contribution in [-0.2, 0) is 16.0 Å². The van der Waals surface area contributed by atoms with Crippen LogP contribution >= 0.6 is 0 Å². The third kappa shape index (κ3) is 3.03. The molecule has 100 valence electrons. The molecule has 0 N–H and O–H groups in total. The highest BCUT2D eigenvalue weighted by molar-refractivity contribution is 5.78. The number of hydrogen-bond acceptors (Lipinski definition) is 3. The third-order valence-electron chi connectivity index (χ3n) is 3.17. The fourth-order valence-electron chi connectivity index (χ4n) is 2.19. The molecule has 3 heteroatoms. The molecule has 0 aliphatic rings. The molecule has 0 amide bonds. The molecule has 0 saturated carbocycles. The van der Waals surface area contributed by atoms with Gasteiger partial charge in [0.1, 0.15) is 5.75 Å². The average molecular weight is 250 g/mol. The number of esters is 1. The highest BCUT2D eigenvalue weighted by atomic mass is 16.5. The van der Waals surface area contributed by atoms with E-state index in [0.717, 1.165) is 23.3 Å². The molecule has 1 aromatic carbocycles. The second-order valence-electron chi connectivity index (χ2n) is 4.67. The van der Waals surface area contributed by atoms with Gasteiger partial charge in [0.2, 0.25) is 0 Å². The van der Waals surface area contributed by atoms with Crippen molar-refractivity contribution in [3.05, 3.63) is 29.3 Å². The molecule has 0 radical (unpaired) electrons. The van der Waals surface area contributed by atoms with E-state index in [1.165, 1.54) is 7.11 Å². The number of aryl methyl sites for hydroxylation is 1. The maximum atomic E-state index is 11.9. The number of benzene rings is 1. The first-order valence-electron chi connectivity index (χ1n) is 6.29. The van der Waals surface area contributed by atoms with Crippen LogP contribution in [0.15, 0.2) is 18.2 Å². The quantitative estimate of drug-likeness (QED) is 0.753. The Labute approximate surface area is 109 Å². The molecule has 1 aromatic rings. The first-order chi connectivity index (χ1) is 8.54. The highest BCUT2D eigenvalue weighted by Crippen LogP contribution is 2.30. The fourth-order valence-corrected chi connectivity index (χ4v) is 2.19. The Hall–Kier alpha value is -1.51. The lowest BCUT2D eigenvalue weighted by Crippen LogP contribution is -2.19. The molecule has 0 bridgehead atoms. The predicted molar refractivity (Wildman–Crippen MR) is 72.0 cm³/mol. The minimum absolute atomic E-state index is 0.183. The van der Waals surface area contributed by atoms with Crippen LogP contribution < -0.4 is 4.74 Å². The molecule has 1 rings (SSSR count). The molecule has 0 aliphatic heterocycles. The van der Waals surface area contributed by atoms with Crippen molar-refractivity contribution in [2.45, 2.75) is 33.1 Å². The molecule has 3 nitrogen and oxygen atoms in total. The minimum Gasteiger partial charge on any atom is -0.496 e. The SMILES string of the molecule is CCc1cc(C(C(=O)OC)C(C)C)ccc1OC. The van der Waals surface area contributed by atoms with Gasteiger partial charge in [-0.3, -0.25) is 4.79 Å². The number of carbonyl (C=O) groups is 1. The first-order valence-corrected chi connectivity index (χ1v) is 6.29. The van der Waals surface area contributed by atoms with Gasteiger partial charge < -0.3 is 9.47 Å². The van der Waals surface area contributed by atoms with Crippen molar-refractivity contribution in [2.24, 2.45) is 5.92 Å². The van der Waals surface area contributed by atoms with Crippen LogP contribution in [0.2, 0.25) is 0 Å². The van der Waals surface area contributed by atoms with Crippen molar-refractivity contribution in [3.8, 4) is 5.75 Å². The largest absolute Gasteiger partial charge is 0.496 e. The average Bonchev–Trinajstić information content (AvgIpc) is 2.37. The fraction of sp³-hybridized carbons (Fsp3) is 0.533. The molecule has 18 heavy (non-hydrogen) atoms. The van der Waals surface area contributed by atoms with Crippen molar-refractivity contribution in [1.29, 1.82) is 0 Å². The van der Waals surface area contributed by atoms with E-state index in [4.69, 9.17) is 9.47 Å². The lowest BCUT2D eigenvalue weighted by Gasteiger charge is -2.20. The number of methoxy groups -OCH3 is 2. The van der Waals surface area contributed by atoms with Crippen LogP contribution in [0.1, 0.15) is 37.8 Å². The summed E-state index contributed by atoms with van der Waals surface area (Å²) < 4.78 is 10.2. The molecule has 0 saturated heterocycles. The topological polar surface area (TPSA) is 35.5 Å². The van der Waals surface area contributed by atoms with Gasteiger partial charge in [-0.25, -0.2) is 0 Å². The number of rotatable bonds is 5. The summed E-state index contributed by atoms with van der Waals surface area (Å²) in [4.78, 5) is 11.9. The predicted octanol–water partition coefficient (Wildman–Crippen LogP) is 3.17. The Kier molecular flexibility index (Phi) is 5.20. The lowest BCUT2D eigenvalue weighted by atomic mass is 9.87. The Morgan fingerprint density at radius 1 is 1.28 bits per heavy atom. The van der Waals surface area contributed by atoms with E-state index < -0.39 is 0 Å². The van der Waals surface area contributed by atoms with Gasteiger partial charge in [0, 0.05) is 0 Å². The van der Waals surface area contributed by atoms with Crippen LogP contribution in [0.5, 0.6) is 5.75 Å². The third-order valence-corrected chi connectivity index (χ3v) is 3.17. The molecular formula is C15H22O3. The van der Waals surface area contributed by atoms with Gasteiger partial charge in [-0.15, -0.1) is 0 Å². The maximum absolute atomic E-state index is 11.9. The van der Waals surface area contributed by atoms with Crippen LogP contribution in [-0.4, -0.2) is 20.2 Å². The molecule has 0 heterocycles. The summed E-state index contributed by atoms with van der Waals surface area (Å²) >= 11 is 0. The van der Waals surface area contributed by atoms with Crippen molar-refractivity contribution in [3.63, 3.8) is 0 Å². The van der Waals surface area contributed by atoms with E-state index in [1.54, 1.807) is 7.11 Å². The summed E-state index contributed by atoms with van der Waals surface area (Å²) in [5.41, 5.74) is 2.11. The monoisotopic (exact) mass is 250 g/mol. The molecule has 0 spiro atoms. The zero-order valence-corrected chi connectivity index (χ0v) is 11.8. The summed E-state index contributed by atoms with van der Waals surface area (Å²) in [6.45, 7) is 6.12. The van der Waals surface area contributed by atoms with E-state index in [-0.39, 0.29) is 17.8 Å². The standard InChI is InChI=1S/C15H22O3/c1-6-11-9-12(7-8-13(11)17-4)14(10(2)3)15(16)18-5/h7-10,14H,6H2,1-5H3. The summed E-state index contributed by atoms with van der Waals surface area (Å²) in [7, 11) is 3.09. The van der Waals surface area contributed by atoms with E-state index in [0.29, 0.717) is 0 Å². The Balaban J connectivity index is 3.17. The van der Waals surface area contributed by atoms with Crippen LogP contribution in [0.3, 0.4) is 0 Å². The molecule has 1 unspecified atom stereocenters. The number of ether oxygens (including phenoxy) is 2. The molecular weight excluding hydrogens is 228 g/mol. The second-order valence-corrected chi connectivity index (χ2v) is 4.67. The van der Waals surface area contributed by atoms with E-state index in [9.17, 15) is 4.79 Å². The van der Waals surface area contributed by atoms with Gasteiger partial charge in [0.05, 0.1) is 20.1 Å². The van der Waals surface area contributed by atoms with Crippen molar-refractivity contribution >= 4 is 5.97 Å². The van der Waals surface area contributed by atoms with Gasteiger partial charge in [0.15, 0.2) is 0 Å². The molecule has 0 fully saturated rings. The summed E-state index contributed by atoms with van der Waals surface area (Å²) in [6.07, 6.45) is 0.878. The maximum Gasteiger partial charge on any atom is 0.313 e. The summed E-state index contributed by atoms with van der Waals surface area (Å²) in [5.74, 6) is 0.674. The van der Waals surface area contributed by atoms with E-state index in [2.05, 4.69) is 6.92 Å². The zero-order chi connectivity index (χ0) is 13.7. The van der Waals surface area contributed by atoms with Gasteiger partial charge >= 0.3 is 5.97 Å². The van der Waals surface area contributed by atoms with Crippen LogP contribution in [0, 0.1) is 5.92 Å². The Bertz CT molecular complexity index is 410. The molecule has 0 aromatic heterocycles. The van der Waals surface area contributed by atoms with Gasteiger partial charge in [-0.1, -0.05) is 32.9 Å². The number of hydrogen-bond donors (Lipinski definition) is 0. The first kappa shape index (κ1) is 14.6. The van der Waals surface area contributed by atoms with Crippen LogP contribution in [0.4, 0.5) is 0 Å². The van der Waals surface area contributed by atoms with Gasteiger partial charge in [-0.05, 0) is 29.5 Å². The van der Waals surface area contributed by atoms with Gasteiger partial charge in [0.25, 0.3) is 0 Å². The van der Waals surface area contributed by atoms with Crippen molar-refractivity contribution < 1.29 is 14.3 Å². The Morgan fingerprint density at radius 3 is 2.39 bits per heavy atom. The Morgan fingerprint density at radius 2 is 1.94 bits per heavy atom. The van der Waals surface area contributed by atoms with Gasteiger partial charge in [-0.2, -0.15) is 0 Å². The summed E-state index contributed by atoms with van der Waals surface area (Å²) in [6, 6.07) is 5.91. The molecule has 1 atom stereocenters. The van der Waals surface area contributed by atoms with Crippen molar-refractivity contribution in [2.75, 3.05) is 14.2 Å². The highest BCUT2D eigenvalue weighted by Gasteiger charge is 2.25. The zero-order valence-electron chi connectivity index (χ0n) is 11.8. The van der Waals surface area contributed by atoms with Crippen molar-refractivity contribution in [1.82, 2.24) is 0 Å². The molecule has 0 aliphatic carbocycles. The van der Waals surface area contributed by atoms with E-state index >= 15 is 0 Å². The number of carbonyl (C=O) groups excluding carboxylic acids is 1. The van der Waals surface area contributed by atoms with Crippen LogP contribution in [0.25, 0.3) is 0 Å². The second kappa shape index (κ2) is 6.43. The van der Waals surface area contributed by atoms with E-state index in [1.807, 2.05) is 32.0 Å².